The van der Waals surface area contributed by atoms with E-state index in [0.717, 1.165) is 5.56 Å². The molecule has 0 N–H and O–H groups in total. The Labute approximate surface area is 99.9 Å². The first-order chi connectivity index (χ1) is 8.15. The van der Waals surface area contributed by atoms with Gasteiger partial charge < -0.3 is 19.1 Å². The summed E-state index contributed by atoms with van der Waals surface area (Å²) in [4.78, 5) is 12.9. The van der Waals surface area contributed by atoms with Crippen LogP contribution in [0.1, 0.15) is 11.7 Å². The van der Waals surface area contributed by atoms with Gasteiger partial charge in [0.15, 0.2) is 6.10 Å². The van der Waals surface area contributed by atoms with Gasteiger partial charge in [0.25, 0.3) is 0 Å². The zero-order valence-electron chi connectivity index (χ0n) is 10.1. The molecule has 1 aromatic carbocycles. The first-order valence-electron chi connectivity index (χ1n) is 5.29. The molecule has 0 bridgehead atoms. The molecule has 1 atom stereocenters. The third-order valence-electron chi connectivity index (χ3n) is 2.78. The first kappa shape index (κ1) is 11.6. The van der Waals surface area contributed by atoms with Crippen LogP contribution in [0.25, 0.3) is 0 Å². The summed E-state index contributed by atoms with van der Waals surface area (Å²) in [7, 11) is 4.89. The quantitative estimate of drug-likeness (QED) is 0.804. The molecule has 0 aromatic heterocycles. The average molecular weight is 237 g/mol. The van der Waals surface area contributed by atoms with Crippen molar-refractivity contribution >= 4 is 6.09 Å². The number of carbonyl (C=O) groups excluding carboxylic acids is 1. The van der Waals surface area contributed by atoms with E-state index in [-0.39, 0.29) is 12.2 Å². The Hall–Kier alpha value is -1.91. The van der Waals surface area contributed by atoms with E-state index < -0.39 is 0 Å². The molecule has 1 amide bonds. The van der Waals surface area contributed by atoms with Gasteiger partial charge in [-0.2, -0.15) is 0 Å². The van der Waals surface area contributed by atoms with Crippen LogP contribution in [0.3, 0.4) is 0 Å². The summed E-state index contributed by atoms with van der Waals surface area (Å²) in [6.45, 7) is 0.516. The molecule has 0 radical (unpaired) electrons. The topological polar surface area (TPSA) is 48.0 Å². The van der Waals surface area contributed by atoms with Crippen LogP contribution in [0.15, 0.2) is 18.2 Å². The van der Waals surface area contributed by atoms with Crippen LogP contribution in [0.4, 0.5) is 4.79 Å². The number of benzene rings is 1. The van der Waals surface area contributed by atoms with Gasteiger partial charge in [0.05, 0.1) is 20.8 Å². The molecular weight excluding hydrogens is 222 g/mol. The van der Waals surface area contributed by atoms with Crippen LogP contribution in [0.5, 0.6) is 11.5 Å². The maximum atomic E-state index is 11.3. The number of hydrogen-bond acceptors (Lipinski definition) is 4. The molecule has 2 rings (SSSR count). The summed E-state index contributed by atoms with van der Waals surface area (Å²) in [5, 5.41) is 0. The van der Waals surface area contributed by atoms with Gasteiger partial charge in [0, 0.05) is 12.6 Å². The van der Waals surface area contributed by atoms with Gasteiger partial charge in [0.1, 0.15) is 11.5 Å². The fourth-order valence-corrected chi connectivity index (χ4v) is 1.83. The third-order valence-corrected chi connectivity index (χ3v) is 2.78. The van der Waals surface area contributed by atoms with E-state index in [1.165, 1.54) is 4.90 Å². The lowest BCUT2D eigenvalue weighted by Crippen LogP contribution is -2.17. The smallest absolute Gasteiger partial charge is 0.410 e. The van der Waals surface area contributed by atoms with Gasteiger partial charge in [-0.3, -0.25) is 0 Å². The molecule has 5 heteroatoms. The van der Waals surface area contributed by atoms with Gasteiger partial charge in [0.2, 0.25) is 0 Å². The highest BCUT2D eigenvalue weighted by atomic mass is 16.6. The number of nitrogens with zero attached hydrogens (tertiary/aromatic N) is 1. The fraction of sp³-hybridized carbons (Fsp3) is 0.417. The van der Waals surface area contributed by atoms with Crippen LogP contribution in [0.2, 0.25) is 0 Å². The maximum Gasteiger partial charge on any atom is 0.410 e. The van der Waals surface area contributed by atoms with E-state index in [9.17, 15) is 4.79 Å². The van der Waals surface area contributed by atoms with Crippen molar-refractivity contribution in [1.82, 2.24) is 4.90 Å². The fourth-order valence-electron chi connectivity index (χ4n) is 1.83. The normalized spacial score (nSPS) is 19.1. The summed E-state index contributed by atoms with van der Waals surface area (Å²) in [6, 6.07) is 5.44. The van der Waals surface area contributed by atoms with Gasteiger partial charge in [-0.25, -0.2) is 4.79 Å². The molecule has 1 aliphatic heterocycles. The summed E-state index contributed by atoms with van der Waals surface area (Å²) in [5.74, 6) is 1.41. The summed E-state index contributed by atoms with van der Waals surface area (Å²) in [5.41, 5.74) is 0.824. The number of amides is 1. The lowest BCUT2D eigenvalue weighted by molar-refractivity contribution is 0.133. The number of rotatable bonds is 3. The molecular formula is C12H15NO4. The maximum absolute atomic E-state index is 11.3. The second-order valence-corrected chi connectivity index (χ2v) is 3.86. The molecule has 92 valence electrons. The number of ether oxygens (including phenoxy) is 3. The predicted molar refractivity (Wildman–Crippen MR) is 61.4 cm³/mol. The minimum absolute atomic E-state index is 0.308. The van der Waals surface area contributed by atoms with Crippen molar-refractivity contribution in [3.63, 3.8) is 0 Å². The molecule has 1 saturated heterocycles. The molecule has 5 nitrogen and oxygen atoms in total. The van der Waals surface area contributed by atoms with Gasteiger partial charge >= 0.3 is 6.09 Å². The van der Waals surface area contributed by atoms with Gasteiger partial charge in [-0.05, 0) is 18.2 Å². The minimum Gasteiger partial charge on any atom is -0.497 e. The molecule has 0 saturated carbocycles. The number of cyclic esters (lactones) is 1. The standard InChI is InChI=1S/C12H15NO4/c1-13-7-11(17-12(13)14)9-6-8(15-2)4-5-10(9)16-3/h4-6,11H,7H2,1-3H3. The lowest BCUT2D eigenvalue weighted by Gasteiger charge is -2.14. The highest BCUT2D eigenvalue weighted by Gasteiger charge is 2.31. The van der Waals surface area contributed by atoms with Crippen molar-refractivity contribution in [3.05, 3.63) is 23.8 Å². The number of carbonyl (C=O) groups is 1. The molecule has 1 fully saturated rings. The van der Waals surface area contributed by atoms with Crippen molar-refractivity contribution in [3.8, 4) is 11.5 Å². The Bertz CT molecular complexity index is 433. The second kappa shape index (κ2) is 4.53. The molecule has 1 aliphatic rings. The van der Waals surface area contributed by atoms with Crippen molar-refractivity contribution < 1.29 is 19.0 Å². The number of methoxy groups -OCH3 is 2. The predicted octanol–water partition coefficient (Wildman–Crippen LogP) is 1.83. The Morgan fingerprint density at radius 3 is 2.65 bits per heavy atom. The van der Waals surface area contributed by atoms with Crippen molar-refractivity contribution in [2.75, 3.05) is 27.8 Å². The number of likely N-dealkylation sites (N-methyl/N-ethyl adjacent to an activating group) is 1. The van der Waals surface area contributed by atoms with E-state index >= 15 is 0 Å². The highest BCUT2D eigenvalue weighted by molar-refractivity contribution is 5.70. The Morgan fingerprint density at radius 2 is 2.12 bits per heavy atom. The van der Waals surface area contributed by atoms with Gasteiger partial charge in [-0.15, -0.1) is 0 Å². The van der Waals surface area contributed by atoms with E-state index in [4.69, 9.17) is 14.2 Å². The van der Waals surface area contributed by atoms with Crippen LogP contribution >= 0.6 is 0 Å². The lowest BCUT2D eigenvalue weighted by atomic mass is 10.1. The molecule has 17 heavy (non-hydrogen) atoms. The average Bonchev–Trinajstić information content (AvgIpc) is 2.68. The van der Waals surface area contributed by atoms with Crippen LogP contribution < -0.4 is 9.47 Å². The first-order valence-corrected chi connectivity index (χ1v) is 5.29. The summed E-state index contributed by atoms with van der Waals surface area (Å²) >= 11 is 0. The molecule has 0 spiro atoms. The van der Waals surface area contributed by atoms with Gasteiger partial charge in [-0.1, -0.05) is 0 Å². The summed E-state index contributed by atoms with van der Waals surface area (Å²) in [6.07, 6.45) is -0.627. The van der Waals surface area contributed by atoms with E-state index in [0.29, 0.717) is 18.0 Å². The third kappa shape index (κ3) is 2.13. The minimum atomic E-state index is -0.320. The van der Waals surface area contributed by atoms with Crippen molar-refractivity contribution in [2.45, 2.75) is 6.10 Å². The highest BCUT2D eigenvalue weighted by Crippen LogP contribution is 2.34. The van der Waals surface area contributed by atoms with E-state index in [1.54, 1.807) is 27.3 Å². The Balaban J connectivity index is 2.33. The van der Waals surface area contributed by atoms with E-state index in [1.807, 2.05) is 12.1 Å². The largest absolute Gasteiger partial charge is 0.497 e. The Morgan fingerprint density at radius 1 is 1.35 bits per heavy atom. The van der Waals surface area contributed by atoms with Crippen LogP contribution in [-0.2, 0) is 4.74 Å². The summed E-state index contributed by atoms with van der Waals surface area (Å²) < 4.78 is 15.7. The van der Waals surface area contributed by atoms with Crippen molar-refractivity contribution in [2.24, 2.45) is 0 Å². The van der Waals surface area contributed by atoms with Crippen LogP contribution in [-0.4, -0.2) is 38.8 Å². The molecule has 1 aromatic rings. The number of hydrogen-bond donors (Lipinski definition) is 0. The SMILES string of the molecule is COc1ccc(OC)c(C2CN(C)C(=O)O2)c1. The second-order valence-electron chi connectivity index (χ2n) is 3.86. The van der Waals surface area contributed by atoms with Crippen molar-refractivity contribution in [1.29, 1.82) is 0 Å². The van der Waals surface area contributed by atoms with Crippen LogP contribution in [0, 0.1) is 0 Å². The molecule has 1 unspecified atom stereocenters. The molecule has 1 heterocycles. The van der Waals surface area contributed by atoms with E-state index in [2.05, 4.69) is 0 Å². The zero-order valence-corrected chi connectivity index (χ0v) is 10.1. The Kier molecular flexibility index (Phi) is 3.08. The molecule has 0 aliphatic carbocycles. The zero-order chi connectivity index (χ0) is 12.4. The monoisotopic (exact) mass is 237 g/mol.